The van der Waals surface area contributed by atoms with E-state index in [1.807, 2.05) is 30.3 Å². The zero-order valence-corrected chi connectivity index (χ0v) is 22.1. The van der Waals surface area contributed by atoms with Crippen LogP contribution in [0.3, 0.4) is 0 Å². The van der Waals surface area contributed by atoms with Crippen LogP contribution >= 0.6 is 7.60 Å². The smallest absolute Gasteiger partial charge is 0.410 e. The number of nitrogens with zero attached hydrogens (tertiary/aromatic N) is 1. The molecule has 2 aromatic rings. The minimum Gasteiger partial charge on any atom is -0.445 e. The molecule has 11 heteroatoms. The Bertz CT molecular complexity index is 1100. The Hall–Kier alpha value is -3.20. The van der Waals surface area contributed by atoms with Gasteiger partial charge >= 0.3 is 13.7 Å². The van der Waals surface area contributed by atoms with Gasteiger partial charge in [0.25, 0.3) is 0 Å². The molecule has 1 fully saturated rings. The number of carbonyl (C=O) groups is 2. The first-order valence-corrected chi connectivity index (χ1v) is 14.0. The van der Waals surface area contributed by atoms with Gasteiger partial charge in [-0.05, 0) is 37.8 Å². The molecular weight excluding hydrogens is 495 g/mol. The minimum atomic E-state index is -3.66. The molecule has 2 atom stereocenters. The lowest BCUT2D eigenvalue weighted by Crippen LogP contribution is -2.47. The van der Waals surface area contributed by atoms with Gasteiger partial charge in [-0.1, -0.05) is 54.6 Å². The molecule has 1 aliphatic rings. The summed E-state index contributed by atoms with van der Waals surface area (Å²) >= 11 is 0. The van der Waals surface area contributed by atoms with Gasteiger partial charge in [-0.15, -0.1) is 0 Å². The number of likely N-dealkylation sites (tertiary alicyclic amines) is 1. The number of ether oxygens (including phenoxy) is 1. The maximum Gasteiger partial charge on any atom is 0.410 e. The van der Waals surface area contributed by atoms with Gasteiger partial charge in [0.2, 0.25) is 5.91 Å². The minimum absolute atomic E-state index is 0.0288. The Labute approximate surface area is 217 Å². The van der Waals surface area contributed by atoms with E-state index in [4.69, 9.17) is 24.9 Å². The van der Waals surface area contributed by atoms with Gasteiger partial charge in [-0.2, -0.15) is 0 Å². The molecule has 0 bridgehead atoms. The molecule has 2 aromatic carbocycles. The van der Waals surface area contributed by atoms with E-state index in [2.05, 4.69) is 5.32 Å². The summed E-state index contributed by atoms with van der Waals surface area (Å²) in [6.45, 7) is 4.27. The number of amidine groups is 1. The largest absolute Gasteiger partial charge is 0.445 e. The van der Waals surface area contributed by atoms with Gasteiger partial charge in [0.15, 0.2) is 0 Å². The second kappa shape index (κ2) is 13.4. The third-order valence-corrected chi connectivity index (χ3v) is 8.55. The predicted octanol–water partition coefficient (Wildman–Crippen LogP) is 4.20. The number of nitrogens with one attached hydrogen (secondary N) is 2. The van der Waals surface area contributed by atoms with Crippen LogP contribution in [0, 0.1) is 5.41 Å². The van der Waals surface area contributed by atoms with Crippen LogP contribution < -0.4 is 11.1 Å². The van der Waals surface area contributed by atoms with E-state index < -0.39 is 25.4 Å². The Morgan fingerprint density at radius 2 is 1.76 bits per heavy atom. The summed E-state index contributed by atoms with van der Waals surface area (Å²) in [4.78, 5) is 27.3. The second-order valence-electron chi connectivity index (χ2n) is 8.56. The monoisotopic (exact) mass is 530 g/mol. The first-order chi connectivity index (χ1) is 17.8. The second-order valence-corrected chi connectivity index (χ2v) is 10.8. The van der Waals surface area contributed by atoms with Crippen LogP contribution in [0.4, 0.5) is 4.79 Å². The average molecular weight is 531 g/mol. The summed E-state index contributed by atoms with van der Waals surface area (Å²) in [5.41, 5.74) is 6.76. The van der Waals surface area contributed by atoms with Crippen LogP contribution in [0.1, 0.15) is 49.0 Å². The lowest BCUT2D eigenvalue weighted by molar-refractivity contribution is -0.125. The molecule has 0 saturated carbocycles. The molecule has 0 aliphatic carbocycles. The fourth-order valence-electron chi connectivity index (χ4n) is 4.25. The summed E-state index contributed by atoms with van der Waals surface area (Å²) in [6, 6.07) is 15.3. The first kappa shape index (κ1) is 28.4. The number of hydrogen-bond donors (Lipinski definition) is 3. The van der Waals surface area contributed by atoms with Crippen molar-refractivity contribution in [1.82, 2.24) is 10.2 Å². The first-order valence-electron chi connectivity index (χ1n) is 12.4. The Balaban J connectivity index is 1.72. The highest BCUT2D eigenvalue weighted by molar-refractivity contribution is 7.54. The molecule has 4 N–H and O–H groups in total. The van der Waals surface area contributed by atoms with Gasteiger partial charge in [-0.3, -0.25) is 19.7 Å². The molecule has 1 heterocycles. The van der Waals surface area contributed by atoms with Crippen LogP contribution in [-0.2, 0) is 29.8 Å². The van der Waals surface area contributed by atoms with Crippen molar-refractivity contribution < 1.29 is 27.9 Å². The quantitative estimate of drug-likeness (QED) is 0.212. The third-order valence-electron chi connectivity index (χ3n) is 6.07. The number of rotatable bonds is 12. The maximum absolute atomic E-state index is 13.7. The molecule has 0 spiro atoms. The van der Waals surface area contributed by atoms with E-state index in [-0.39, 0.29) is 38.1 Å². The van der Waals surface area contributed by atoms with E-state index in [1.165, 1.54) is 4.90 Å². The zero-order chi connectivity index (χ0) is 26.8. The maximum atomic E-state index is 13.7. The van der Waals surface area contributed by atoms with Crippen LogP contribution in [0.2, 0.25) is 0 Å². The number of hydrogen-bond acceptors (Lipinski definition) is 7. The van der Waals surface area contributed by atoms with Crippen molar-refractivity contribution in [1.29, 1.82) is 5.41 Å². The highest BCUT2D eigenvalue weighted by Gasteiger charge is 2.39. The topological polar surface area (TPSA) is 144 Å². The lowest BCUT2D eigenvalue weighted by Gasteiger charge is -2.28. The van der Waals surface area contributed by atoms with Crippen molar-refractivity contribution in [3.63, 3.8) is 0 Å². The van der Waals surface area contributed by atoms with Crippen LogP contribution in [0.15, 0.2) is 54.6 Å². The highest BCUT2D eigenvalue weighted by Crippen LogP contribution is 2.60. The molecule has 2 amide bonds. The zero-order valence-electron chi connectivity index (χ0n) is 21.2. The molecule has 1 unspecified atom stereocenters. The summed E-state index contributed by atoms with van der Waals surface area (Å²) in [5.74, 6) is -0.450. The molecule has 0 aromatic heterocycles. The molecule has 37 heavy (non-hydrogen) atoms. The van der Waals surface area contributed by atoms with Crippen LogP contribution in [0.5, 0.6) is 0 Å². The SMILES string of the molecule is CCOP(=O)(OCC)C(CNC(=O)[C@@H]1CCCN1C(=O)OCc1ccccc1)c1ccc(C(=N)N)cc1. The van der Waals surface area contributed by atoms with Crippen molar-refractivity contribution in [3.05, 3.63) is 71.3 Å². The van der Waals surface area contributed by atoms with Crippen molar-refractivity contribution in [2.75, 3.05) is 26.3 Å². The van der Waals surface area contributed by atoms with Gasteiger partial charge in [0.1, 0.15) is 24.1 Å². The highest BCUT2D eigenvalue weighted by atomic mass is 31.2. The van der Waals surface area contributed by atoms with Crippen molar-refractivity contribution >= 4 is 25.4 Å². The van der Waals surface area contributed by atoms with Gasteiger partial charge in [-0.25, -0.2) is 4.79 Å². The Morgan fingerprint density at radius 3 is 2.35 bits per heavy atom. The van der Waals surface area contributed by atoms with Crippen LogP contribution in [-0.4, -0.2) is 55.1 Å². The van der Waals surface area contributed by atoms with Crippen LogP contribution in [0.25, 0.3) is 0 Å². The standard InChI is InChI=1S/C26H35N4O6P/c1-3-35-37(33,36-4-2)23(20-12-14-21(15-13-20)24(27)28)17-29-25(31)22-11-8-16-30(22)26(32)34-18-19-9-6-5-7-10-19/h5-7,9-10,12-15,22-23H,3-4,8,11,16-18H2,1-2H3,(H3,27,28)(H,29,31)/t22-,23?/m0/s1. The van der Waals surface area contributed by atoms with E-state index in [0.717, 1.165) is 5.56 Å². The molecule has 200 valence electrons. The summed E-state index contributed by atoms with van der Waals surface area (Å²) in [7, 11) is -3.66. The lowest BCUT2D eigenvalue weighted by atomic mass is 10.1. The molecule has 1 aliphatic heterocycles. The van der Waals surface area contributed by atoms with Crippen molar-refractivity contribution in [2.24, 2.45) is 5.73 Å². The normalized spacial score (nSPS) is 16.3. The molecule has 10 nitrogen and oxygen atoms in total. The number of nitrogens with two attached hydrogens (primary N) is 1. The predicted molar refractivity (Wildman–Crippen MR) is 140 cm³/mol. The van der Waals surface area contributed by atoms with E-state index >= 15 is 0 Å². The fraction of sp³-hybridized carbons (Fsp3) is 0.423. The Morgan fingerprint density at radius 1 is 1.11 bits per heavy atom. The fourth-order valence-corrected chi connectivity index (χ4v) is 6.26. The van der Waals surface area contributed by atoms with Gasteiger partial charge in [0.05, 0.1) is 13.2 Å². The third kappa shape index (κ3) is 7.41. The van der Waals surface area contributed by atoms with Crippen molar-refractivity contribution in [2.45, 2.75) is 45.0 Å². The molecule has 1 saturated heterocycles. The number of nitrogen functional groups attached to an aromatic ring is 1. The van der Waals surface area contributed by atoms with E-state index in [9.17, 15) is 14.2 Å². The van der Waals surface area contributed by atoms with E-state index in [0.29, 0.717) is 30.5 Å². The average Bonchev–Trinajstić information content (AvgIpc) is 3.39. The summed E-state index contributed by atoms with van der Waals surface area (Å²) in [5, 5.41) is 10.5. The number of benzene rings is 2. The summed E-state index contributed by atoms with van der Waals surface area (Å²) < 4.78 is 30.3. The van der Waals surface area contributed by atoms with Gasteiger partial charge in [0, 0.05) is 18.7 Å². The molecular formula is C26H35N4O6P. The summed E-state index contributed by atoms with van der Waals surface area (Å²) in [6.07, 6.45) is 0.621. The Kier molecular flexibility index (Phi) is 10.3. The van der Waals surface area contributed by atoms with Crippen molar-refractivity contribution in [3.8, 4) is 0 Å². The van der Waals surface area contributed by atoms with E-state index in [1.54, 1.807) is 38.1 Å². The number of carbonyl (C=O) groups excluding carboxylic acids is 2. The molecule has 3 rings (SSSR count). The molecule has 0 radical (unpaired) electrons. The number of amides is 2. The van der Waals surface area contributed by atoms with Gasteiger partial charge < -0.3 is 24.8 Å².